The number of ketones is 1. The number of halogens is 1. The van der Waals surface area contributed by atoms with Gasteiger partial charge in [0.2, 0.25) is 5.91 Å². The van der Waals surface area contributed by atoms with Crippen LogP contribution < -0.4 is 5.32 Å². The van der Waals surface area contributed by atoms with Crippen LogP contribution in [0.4, 0.5) is 11.5 Å². The number of amides is 1. The van der Waals surface area contributed by atoms with Crippen molar-refractivity contribution in [2.45, 2.75) is 37.1 Å². The molecule has 5 rings (SSSR count). The summed E-state index contributed by atoms with van der Waals surface area (Å²) < 4.78 is 4.90. The second-order valence-electron chi connectivity index (χ2n) is 8.44. The third-order valence-electron chi connectivity index (χ3n) is 6.24. The average Bonchev–Trinajstić information content (AvgIpc) is 3.30. The molecule has 1 atom stereocenters. The van der Waals surface area contributed by atoms with Gasteiger partial charge in [0.25, 0.3) is 0 Å². The Balaban J connectivity index is 1.37. The van der Waals surface area contributed by atoms with Crippen molar-refractivity contribution in [1.82, 2.24) is 24.5 Å². The van der Waals surface area contributed by atoms with E-state index in [0.29, 0.717) is 55.3 Å². The Hall–Kier alpha value is -2.56. The second-order valence-corrected chi connectivity index (χ2v) is 10.7. The van der Waals surface area contributed by atoms with Crippen LogP contribution in [0.15, 0.2) is 30.1 Å². The quantitative estimate of drug-likeness (QED) is 0.488. The SMILES string of the molecule is C=C1CC[C@H](C(=O)N2CCC(=O)CC2)CCSc2ncnc(Nc3cc4snnc4cc3Cl)c21. The number of rotatable bonds is 3. The van der Waals surface area contributed by atoms with E-state index < -0.39 is 0 Å². The van der Waals surface area contributed by atoms with Gasteiger partial charge in [-0.05, 0) is 48.5 Å². The standard InChI is InChI=1S/C23H23ClN6O2S2/c1-13-2-3-14(23(32)30-7-4-15(31)5-8-30)6-9-33-22-20(13)21(25-12-26-22)27-17-11-19-18(10-16(17)24)28-29-34-19/h10-12,14H,1-9H2,(H,25,26,27)/t14-/m0/s1. The van der Waals surface area contributed by atoms with Gasteiger partial charge in [-0.2, -0.15) is 0 Å². The first-order valence-electron chi connectivity index (χ1n) is 11.1. The van der Waals surface area contributed by atoms with Gasteiger partial charge < -0.3 is 10.2 Å². The van der Waals surface area contributed by atoms with Crippen LogP contribution in [-0.4, -0.2) is 55.0 Å². The Morgan fingerprint density at radius 1 is 1.18 bits per heavy atom. The first kappa shape index (κ1) is 23.2. The summed E-state index contributed by atoms with van der Waals surface area (Å²) in [6.07, 6.45) is 4.57. The summed E-state index contributed by atoms with van der Waals surface area (Å²) in [5, 5.41) is 8.80. The maximum absolute atomic E-state index is 13.2. The molecule has 2 aliphatic heterocycles. The van der Waals surface area contributed by atoms with E-state index in [1.165, 1.54) is 17.9 Å². The molecule has 1 saturated heterocycles. The Morgan fingerprint density at radius 3 is 2.82 bits per heavy atom. The van der Waals surface area contributed by atoms with Gasteiger partial charge in [0.05, 0.1) is 21.0 Å². The third-order valence-corrected chi connectivity index (χ3v) is 8.26. The van der Waals surface area contributed by atoms with E-state index in [-0.39, 0.29) is 17.6 Å². The van der Waals surface area contributed by atoms with Crippen molar-refractivity contribution in [2.24, 2.45) is 5.92 Å². The van der Waals surface area contributed by atoms with Crippen molar-refractivity contribution in [3.05, 3.63) is 35.6 Å². The molecule has 1 aromatic carbocycles. The maximum atomic E-state index is 13.2. The second kappa shape index (κ2) is 9.97. The number of thioether (sulfide) groups is 1. The number of piperidine rings is 1. The maximum Gasteiger partial charge on any atom is 0.225 e. The summed E-state index contributed by atoms with van der Waals surface area (Å²) in [4.78, 5) is 35.6. The number of fused-ring (bicyclic) bond motifs is 2. The number of allylic oxidation sites excluding steroid dienone is 1. The lowest BCUT2D eigenvalue weighted by Gasteiger charge is -2.30. The van der Waals surface area contributed by atoms with Gasteiger partial charge in [0.1, 0.15) is 28.5 Å². The van der Waals surface area contributed by atoms with Crippen LogP contribution in [0.3, 0.4) is 0 Å². The topological polar surface area (TPSA) is 101 Å². The molecule has 0 aliphatic carbocycles. The Kier molecular flexibility index (Phi) is 6.80. The molecule has 0 radical (unpaired) electrons. The number of anilines is 2. The Labute approximate surface area is 210 Å². The van der Waals surface area contributed by atoms with Gasteiger partial charge >= 0.3 is 0 Å². The van der Waals surface area contributed by atoms with Crippen molar-refractivity contribution in [3.63, 3.8) is 0 Å². The van der Waals surface area contributed by atoms with E-state index in [2.05, 4.69) is 31.5 Å². The summed E-state index contributed by atoms with van der Waals surface area (Å²) in [5.74, 6) is 1.70. The first-order chi connectivity index (χ1) is 16.5. The van der Waals surface area contributed by atoms with Crippen molar-refractivity contribution in [3.8, 4) is 0 Å². The first-order valence-corrected chi connectivity index (χ1v) is 13.3. The molecule has 0 unspecified atom stereocenters. The van der Waals surface area contributed by atoms with Gasteiger partial charge in [0.15, 0.2) is 0 Å². The van der Waals surface area contributed by atoms with Gasteiger partial charge in [-0.3, -0.25) is 9.59 Å². The monoisotopic (exact) mass is 514 g/mol. The normalized spacial score (nSPS) is 19.3. The largest absolute Gasteiger partial charge is 0.342 e. The molecule has 1 amide bonds. The van der Waals surface area contributed by atoms with Crippen LogP contribution in [0.2, 0.25) is 5.02 Å². The van der Waals surface area contributed by atoms with Gasteiger partial charge in [-0.25, -0.2) is 9.97 Å². The predicted molar refractivity (Wildman–Crippen MR) is 136 cm³/mol. The third kappa shape index (κ3) is 4.80. The molecule has 4 heterocycles. The van der Waals surface area contributed by atoms with Crippen LogP contribution in [0, 0.1) is 5.92 Å². The van der Waals surface area contributed by atoms with Crippen LogP contribution in [0.1, 0.15) is 37.7 Å². The summed E-state index contributed by atoms with van der Waals surface area (Å²) in [7, 11) is 0. The summed E-state index contributed by atoms with van der Waals surface area (Å²) in [6, 6.07) is 3.70. The smallest absolute Gasteiger partial charge is 0.225 e. The molecule has 0 spiro atoms. The number of hydrogen-bond donors (Lipinski definition) is 1. The molecule has 2 aromatic heterocycles. The highest BCUT2D eigenvalue weighted by Crippen LogP contribution is 2.39. The number of hydrogen-bond acceptors (Lipinski definition) is 9. The number of Topliss-reactive ketones (excluding diaryl/α,β-unsaturated/α-hetero) is 1. The molecular weight excluding hydrogens is 492 g/mol. The number of benzene rings is 1. The number of carbonyl (C=O) groups is 2. The lowest BCUT2D eigenvalue weighted by atomic mass is 9.93. The average molecular weight is 515 g/mol. The van der Waals surface area contributed by atoms with Crippen molar-refractivity contribution in [2.75, 3.05) is 24.2 Å². The van der Waals surface area contributed by atoms with Crippen LogP contribution in [-0.2, 0) is 9.59 Å². The van der Waals surface area contributed by atoms with Crippen molar-refractivity contribution < 1.29 is 9.59 Å². The lowest BCUT2D eigenvalue weighted by Crippen LogP contribution is -2.42. The van der Waals surface area contributed by atoms with E-state index >= 15 is 0 Å². The number of aromatic nitrogens is 4. The number of likely N-dealkylation sites (tertiary alicyclic amines) is 1. The van der Waals surface area contributed by atoms with E-state index in [4.69, 9.17) is 11.6 Å². The molecule has 1 N–H and O–H groups in total. The molecule has 3 aromatic rings. The zero-order valence-corrected chi connectivity index (χ0v) is 20.8. The van der Waals surface area contributed by atoms with Crippen LogP contribution in [0.5, 0.6) is 0 Å². The summed E-state index contributed by atoms with van der Waals surface area (Å²) in [5.41, 5.74) is 3.22. The summed E-state index contributed by atoms with van der Waals surface area (Å²) >= 11 is 9.41. The molecule has 176 valence electrons. The van der Waals surface area contributed by atoms with Crippen molar-refractivity contribution in [1.29, 1.82) is 0 Å². The molecule has 34 heavy (non-hydrogen) atoms. The fraction of sp³-hybridized carbons (Fsp3) is 0.391. The van der Waals surface area contributed by atoms with Gasteiger partial charge in [0, 0.05) is 37.6 Å². The number of carbonyl (C=O) groups excluding carboxylic acids is 2. The molecule has 1 fully saturated rings. The highest BCUT2D eigenvalue weighted by Gasteiger charge is 2.29. The molecule has 0 saturated carbocycles. The van der Waals surface area contributed by atoms with E-state index in [1.807, 2.05) is 11.0 Å². The van der Waals surface area contributed by atoms with E-state index in [9.17, 15) is 9.59 Å². The van der Waals surface area contributed by atoms with Crippen LogP contribution in [0.25, 0.3) is 15.8 Å². The molecule has 11 heteroatoms. The number of nitrogens with one attached hydrogen (secondary N) is 1. The molecular formula is C23H23ClN6O2S2. The van der Waals surface area contributed by atoms with E-state index in [1.54, 1.807) is 17.8 Å². The Bertz CT molecular complexity index is 1270. The highest BCUT2D eigenvalue weighted by molar-refractivity contribution is 7.99. The minimum Gasteiger partial charge on any atom is -0.342 e. The fourth-order valence-corrected chi connectivity index (χ4v) is 6.20. The van der Waals surface area contributed by atoms with Crippen molar-refractivity contribution >= 4 is 73.9 Å². The zero-order chi connectivity index (χ0) is 23.7. The van der Waals surface area contributed by atoms with Gasteiger partial charge in [-0.15, -0.1) is 16.9 Å². The van der Waals surface area contributed by atoms with Crippen LogP contribution >= 0.6 is 34.9 Å². The molecule has 2 aliphatic rings. The molecule has 8 nitrogen and oxygen atoms in total. The van der Waals surface area contributed by atoms with Gasteiger partial charge in [-0.1, -0.05) is 22.7 Å². The highest BCUT2D eigenvalue weighted by atomic mass is 35.5. The minimum absolute atomic E-state index is 0.0909. The zero-order valence-electron chi connectivity index (χ0n) is 18.4. The predicted octanol–water partition coefficient (Wildman–Crippen LogP) is 4.98. The Morgan fingerprint density at radius 2 is 2.00 bits per heavy atom. The molecule has 0 bridgehead atoms. The minimum atomic E-state index is -0.0909. The lowest BCUT2D eigenvalue weighted by molar-refractivity contribution is -0.138. The fourth-order valence-electron chi connectivity index (χ4n) is 4.32. The number of nitrogens with zero attached hydrogens (tertiary/aromatic N) is 5. The summed E-state index contributed by atoms with van der Waals surface area (Å²) in [6.45, 7) is 5.39. The van der Waals surface area contributed by atoms with E-state index in [0.717, 1.165) is 38.6 Å².